The minimum Gasteiger partial charge on any atom is -0.493 e. The van der Waals surface area contributed by atoms with E-state index in [9.17, 15) is 4.79 Å². The quantitative estimate of drug-likeness (QED) is 0.560. The Bertz CT molecular complexity index is 1260. The van der Waals surface area contributed by atoms with Crippen LogP contribution in [0.15, 0.2) is 30.3 Å². The molecule has 2 aliphatic rings. The predicted molar refractivity (Wildman–Crippen MR) is 142 cm³/mol. The van der Waals surface area contributed by atoms with Gasteiger partial charge in [0.25, 0.3) is 5.91 Å². The lowest BCUT2D eigenvalue weighted by Crippen LogP contribution is -2.31. The van der Waals surface area contributed by atoms with E-state index in [0.29, 0.717) is 29.4 Å². The fraction of sp³-hybridized carbons (Fsp3) is 0.500. The van der Waals surface area contributed by atoms with Gasteiger partial charge in [-0.25, -0.2) is 4.98 Å². The van der Waals surface area contributed by atoms with Gasteiger partial charge >= 0.3 is 0 Å². The Labute approximate surface area is 216 Å². The van der Waals surface area contributed by atoms with Crippen LogP contribution in [0, 0.1) is 0 Å². The van der Waals surface area contributed by atoms with Crippen LogP contribution in [-0.4, -0.2) is 71.8 Å². The number of nitrogens with two attached hydrogens (primary N) is 1. The minimum absolute atomic E-state index is 0.150. The highest BCUT2D eigenvalue weighted by molar-refractivity contribution is 6.31. The summed E-state index contributed by atoms with van der Waals surface area (Å²) < 4.78 is 7.95. The maximum absolute atomic E-state index is 13.6. The minimum atomic E-state index is -0.238. The molecule has 1 amide bonds. The first-order chi connectivity index (χ1) is 17.4. The lowest BCUT2D eigenvalue weighted by molar-refractivity contribution is 0.0718. The number of nitrogens with zero attached hydrogens (tertiary/aromatic N) is 6. The van der Waals surface area contributed by atoms with Crippen molar-refractivity contribution in [3.63, 3.8) is 0 Å². The maximum Gasteiger partial charge on any atom is 0.257 e. The van der Waals surface area contributed by atoms with E-state index in [1.54, 1.807) is 30.1 Å². The number of hydrogen-bond donors (Lipinski definition) is 1. The number of benzene rings is 1. The fourth-order valence-electron chi connectivity index (χ4n) is 5.11. The van der Waals surface area contributed by atoms with Gasteiger partial charge in [0.2, 0.25) is 0 Å². The molecule has 0 aliphatic carbocycles. The van der Waals surface area contributed by atoms with Crippen molar-refractivity contribution in [3.05, 3.63) is 46.6 Å². The van der Waals surface area contributed by atoms with Gasteiger partial charge in [0.15, 0.2) is 5.65 Å². The topological polar surface area (TPSA) is 92.2 Å². The second-order valence-corrected chi connectivity index (χ2v) is 10.2. The SMILES string of the molecule is CCC1c2cc3nc(N4CC[C@H](N)C4)cc(n3n2)N(C)CCCCOc2ccc(Cl)cc2C(=O)N1C. The zero-order valence-electron chi connectivity index (χ0n) is 21.2. The first-order valence-corrected chi connectivity index (χ1v) is 13.1. The largest absolute Gasteiger partial charge is 0.493 e. The van der Waals surface area contributed by atoms with Crippen molar-refractivity contribution in [2.75, 3.05) is 50.1 Å². The van der Waals surface area contributed by atoms with Gasteiger partial charge in [-0.1, -0.05) is 18.5 Å². The standard InChI is InChI=1S/C26H34ClN7O2/c1-4-21-20-14-24-29-23(33-11-9-18(28)16-33)15-25(34(24)30-20)31(2)10-5-6-12-36-22-8-7-17(27)13-19(22)26(35)32(21)3/h7-8,13-15,18,21H,4-6,9-12,16,28H2,1-3H3/t18-,21?/m0/s1. The van der Waals surface area contributed by atoms with Crippen LogP contribution in [0.1, 0.15) is 54.7 Å². The van der Waals surface area contributed by atoms with E-state index in [2.05, 4.69) is 29.8 Å². The van der Waals surface area contributed by atoms with Gasteiger partial charge < -0.3 is 25.2 Å². The Morgan fingerprint density at radius 3 is 2.75 bits per heavy atom. The van der Waals surface area contributed by atoms with Gasteiger partial charge in [-0.2, -0.15) is 9.61 Å². The molecule has 0 spiro atoms. The van der Waals surface area contributed by atoms with Crippen LogP contribution >= 0.6 is 11.6 Å². The summed E-state index contributed by atoms with van der Waals surface area (Å²) in [5.74, 6) is 2.29. The molecular formula is C26H34ClN7O2. The summed E-state index contributed by atoms with van der Waals surface area (Å²) in [7, 11) is 3.89. The Morgan fingerprint density at radius 2 is 2.00 bits per heavy atom. The average Bonchev–Trinajstić information content (AvgIpc) is 3.49. The predicted octanol–water partition coefficient (Wildman–Crippen LogP) is 3.75. The van der Waals surface area contributed by atoms with Crippen molar-refractivity contribution in [1.29, 1.82) is 0 Å². The van der Waals surface area contributed by atoms with Gasteiger partial charge in [-0.05, 0) is 43.9 Å². The molecular weight excluding hydrogens is 478 g/mol. The van der Waals surface area contributed by atoms with Crippen molar-refractivity contribution in [3.8, 4) is 5.75 Å². The molecule has 2 bridgehead atoms. The Morgan fingerprint density at radius 1 is 1.17 bits per heavy atom. The monoisotopic (exact) mass is 511 g/mol. The van der Waals surface area contributed by atoms with Crippen LogP contribution in [0.25, 0.3) is 5.65 Å². The van der Waals surface area contributed by atoms with Crippen molar-refractivity contribution in [2.45, 2.75) is 44.7 Å². The summed E-state index contributed by atoms with van der Waals surface area (Å²) in [6.07, 6.45) is 3.42. The number of fused-ring (bicyclic) bond motifs is 2. The number of carbonyl (C=O) groups is 1. The van der Waals surface area contributed by atoms with E-state index < -0.39 is 0 Å². The molecule has 1 saturated heterocycles. The molecule has 1 fully saturated rings. The number of anilines is 2. The highest BCUT2D eigenvalue weighted by Crippen LogP contribution is 2.32. The maximum atomic E-state index is 13.6. The van der Waals surface area contributed by atoms with Gasteiger partial charge in [-0.3, -0.25) is 4.79 Å². The molecule has 1 aromatic carbocycles. The molecule has 4 heterocycles. The number of hydrogen-bond acceptors (Lipinski definition) is 7. The van der Waals surface area contributed by atoms with E-state index in [-0.39, 0.29) is 18.0 Å². The molecule has 9 nitrogen and oxygen atoms in total. The van der Waals surface area contributed by atoms with Crippen LogP contribution in [0.4, 0.5) is 11.6 Å². The molecule has 2 N–H and O–H groups in total. The van der Waals surface area contributed by atoms with Crippen LogP contribution < -0.4 is 20.3 Å². The van der Waals surface area contributed by atoms with Crippen molar-refractivity contribution in [1.82, 2.24) is 19.5 Å². The molecule has 0 radical (unpaired) electrons. The van der Waals surface area contributed by atoms with Gasteiger partial charge in [0, 0.05) is 56.9 Å². The lowest BCUT2D eigenvalue weighted by Gasteiger charge is -2.26. The summed E-state index contributed by atoms with van der Waals surface area (Å²) in [4.78, 5) is 24.8. The molecule has 0 saturated carbocycles. The molecule has 2 aromatic heterocycles. The highest BCUT2D eigenvalue weighted by atomic mass is 35.5. The molecule has 10 heteroatoms. The zero-order valence-corrected chi connectivity index (χ0v) is 21.9. The summed E-state index contributed by atoms with van der Waals surface area (Å²) >= 11 is 6.27. The highest BCUT2D eigenvalue weighted by Gasteiger charge is 2.28. The van der Waals surface area contributed by atoms with Crippen LogP contribution in [0.3, 0.4) is 0 Å². The van der Waals surface area contributed by atoms with Crippen molar-refractivity contribution in [2.24, 2.45) is 5.73 Å². The number of rotatable bonds is 2. The van der Waals surface area contributed by atoms with Crippen LogP contribution in [0.2, 0.25) is 5.02 Å². The first kappa shape index (κ1) is 24.6. The summed E-state index contributed by atoms with van der Waals surface area (Å²) in [5, 5.41) is 5.47. The third kappa shape index (κ3) is 4.69. The molecule has 5 rings (SSSR count). The summed E-state index contributed by atoms with van der Waals surface area (Å²) in [5.41, 5.74) is 8.21. The summed E-state index contributed by atoms with van der Waals surface area (Å²) in [6, 6.07) is 9.24. The normalized spacial score (nSPS) is 21.5. The van der Waals surface area contributed by atoms with E-state index in [4.69, 9.17) is 32.2 Å². The average molecular weight is 512 g/mol. The molecule has 36 heavy (non-hydrogen) atoms. The molecule has 2 aliphatic heterocycles. The summed E-state index contributed by atoms with van der Waals surface area (Å²) in [6.45, 7) is 5.09. The van der Waals surface area contributed by atoms with Crippen LogP contribution in [0.5, 0.6) is 5.75 Å². The van der Waals surface area contributed by atoms with E-state index in [0.717, 1.165) is 61.9 Å². The Balaban J connectivity index is 1.60. The second-order valence-electron chi connectivity index (χ2n) is 9.76. The first-order valence-electron chi connectivity index (χ1n) is 12.7. The number of amides is 1. The number of halogens is 1. The van der Waals surface area contributed by atoms with E-state index in [1.807, 2.05) is 10.6 Å². The van der Waals surface area contributed by atoms with E-state index >= 15 is 0 Å². The van der Waals surface area contributed by atoms with Gasteiger partial charge in [-0.15, -0.1) is 0 Å². The molecule has 1 unspecified atom stereocenters. The number of ether oxygens (including phenoxy) is 1. The Hall–Kier alpha value is -3.04. The molecule has 2 atom stereocenters. The van der Waals surface area contributed by atoms with Crippen molar-refractivity contribution >= 4 is 34.8 Å². The zero-order chi connectivity index (χ0) is 25.4. The smallest absolute Gasteiger partial charge is 0.257 e. The Kier molecular flexibility index (Phi) is 6.94. The van der Waals surface area contributed by atoms with Crippen LogP contribution in [-0.2, 0) is 0 Å². The molecule has 3 aromatic rings. The van der Waals surface area contributed by atoms with Gasteiger partial charge in [0.05, 0.1) is 23.9 Å². The van der Waals surface area contributed by atoms with E-state index in [1.165, 1.54) is 0 Å². The van der Waals surface area contributed by atoms with Crippen molar-refractivity contribution < 1.29 is 9.53 Å². The number of carbonyl (C=O) groups excluding carboxylic acids is 1. The van der Waals surface area contributed by atoms with Gasteiger partial charge in [0.1, 0.15) is 17.4 Å². The molecule has 192 valence electrons. The number of aromatic nitrogens is 3. The third-order valence-electron chi connectivity index (χ3n) is 7.19. The fourth-order valence-corrected chi connectivity index (χ4v) is 5.28. The lowest BCUT2D eigenvalue weighted by atomic mass is 10.1. The third-order valence-corrected chi connectivity index (χ3v) is 7.42. The second kappa shape index (κ2) is 10.1.